The molecule has 0 aliphatic rings. The molecule has 1 atom stereocenters. The van der Waals surface area contributed by atoms with Crippen molar-refractivity contribution >= 4 is 17.8 Å². The Balaban J connectivity index is 0. The minimum atomic E-state index is -1.57. The molecule has 7 heteroatoms. The van der Waals surface area contributed by atoms with Crippen LogP contribution in [0.2, 0.25) is 0 Å². The molecule has 0 spiro atoms. The van der Waals surface area contributed by atoms with Crippen LogP contribution in [0, 0.1) is 0 Å². The van der Waals surface area contributed by atoms with Gasteiger partial charge in [-0.1, -0.05) is 45.4 Å². The third kappa shape index (κ3) is 14.7. The summed E-state index contributed by atoms with van der Waals surface area (Å²) >= 11 is 0. The summed E-state index contributed by atoms with van der Waals surface area (Å²) in [7, 11) is 0. The number of aliphatic carboxylic acids is 2. The number of hydrogen-bond acceptors (Lipinski definition) is 4. The van der Waals surface area contributed by atoms with Gasteiger partial charge in [0.1, 0.15) is 0 Å². The van der Waals surface area contributed by atoms with E-state index in [0.717, 1.165) is 19.3 Å². The third-order valence-corrected chi connectivity index (χ3v) is 3.01. The molecule has 0 rings (SSSR count). The monoisotopic (exact) mass is 325 g/mol. The molecule has 0 aromatic carbocycles. The van der Waals surface area contributed by atoms with Crippen molar-refractivity contribution in [2.45, 2.75) is 70.8 Å². The minimum Gasteiger partial charge on any atom is -0.548 e. The Morgan fingerprint density at radius 3 is 2.05 bits per heavy atom. The normalized spacial score (nSPS) is 11.3. The Labute approximate surface area is 168 Å². The molecule has 0 radical (unpaired) electrons. The maximum Gasteiger partial charge on any atom is 1.00 e. The molecule has 116 valence electrons. The van der Waals surface area contributed by atoms with E-state index in [1.54, 1.807) is 0 Å². The van der Waals surface area contributed by atoms with E-state index in [0.29, 0.717) is 6.42 Å². The van der Waals surface area contributed by atoms with Crippen LogP contribution in [0.25, 0.3) is 0 Å². The topological polar surface area (TPSA) is 107 Å². The van der Waals surface area contributed by atoms with Crippen LogP contribution in [0.5, 0.6) is 0 Å². The third-order valence-electron chi connectivity index (χ3n) is 3.01. The SMILES string of the molecule is CCCCCCCCCC(=O)N[C@@H](CC(=O)O)C(=O)[O-].[K+]. The quantitative estimate of drug-likeness (QED) is 0.314. The standard InChI is InChI=1S/C14H25NO5.K/c1-2-3-4-5-6-7-8-9-12(16)15-11(14(19)20)10-13(17)18;/h11H,2-10H2,1H3,(H,15,16)(H,17,18)(H,19,20);/q;+1/p-1/t11-;/m0./s1. The molecule has 0 heterocycles. The van der Waals surface area contributed by atoms with Gasteiger partial charge >= 0.3 is 57.4 Å². The van der Waals surface area contributed by atoms with E-state index >= 15 is 0 Å². The number of amides is 1. The second kappa shape index (κ2) is 15.0. The Morgan fingerprint density at radius 1 is 1.05 bits per heavy atom. The summed E-state index contributed by atoms with van der Waals surface area (Å²) in [4.78, 5) is 32.6. The molecule has 0 aromatic rings. The fourth-order valence-electron chi connectivity index (χ4n) is 1.88. The van der Waals surface area contributed by atoms with Crippen LogP contribution >= 0.6 is 0 Å². The van der Waals surface area contributed by atoms with Gasteiger partial charge in [0.2, 0.25) is 5.91 Å². The van der Waals surface area contributed by atoms with Crippen LogP contribution in [-0.4, -0.2) is 29.0 Å². The van der Waals surface area contributed by atoms with Crippen molar-refractivity contribution in [3.63, 3.8) is 0 Å². The van der Waals surface area contributed by atoms with Gasteiger partial charge in [-0.25, -0.2) is 0 Å². The van der Waals surface area contributed by atoms with E-state index in [1.165, 1.54) is 19.3 Å². The fraction of sp³-hybridized carbons (Fsp3) is 0.786. The first-order valence-corrected chi connectivity index (χ1v) is 7.19. The predicted octanol–water partition coefficient (Wildman–Crippen LogP) is -2.16. The second-order valence-corrected chi connectivity index (χ2v) is 4.91. The van der Waals surface area contributed by atoms with Gasteiger partial charge in [0.05, 0.1) is 18.4 Å². The summed E-state index contributed by atoms with van der Waals surface area (Å²) in [6.45, 7) is 2.15. The van der Waals surface area contributed by atoms with Gasteiger partial charge in [-0.15, -0.1) is 0 Å². The van der Waals surface area contributed by atoms with E-state index in [9.17, 15) is 19.5 Å². The van der Waals surface area contributed by atoms with Gasteiger partial charge in [0, 0.05) is 6.42 Å². The van der Waals surface area contributed by atoms with Crippen LogP contribution in [0.3, 0.4) is 0 Å². The molecule has 0 aliphatic heterocycles. The second-order valence-electron chi connectivity index (χ2n) is 4.91. The molecular formula is C14H24KNO5. The van der Waals surface area contributed by atoms with Crippen LogP contribution in [0.4, 0.5) is 0 Å². The predicted molar refractivity (Wildman–Crippen MR) is 71.8 cm³/mol. The average molecular weight is 325 g/mol. The number of carboxylic acid groups (broad SMARTS) is 2. The Hall–Kier alpha value is 0.0464. The zero-order valence-electron chi connectivity index (χ0n) is 13.0. The molecule has 0 saturated heterocycles. The van der Waals surface area contributed by atoms with E-state index < -0.39 is 30.3 Å². The molecule has 0 fully saturated rings. The zero-order chi connectivity index (χ0) is 15.4. The number of carbonyl (C=O) groups excluding carboxylic acids is 2. The first-order chi connectivity index (χ1) is 9.47. The first kappa shape index (κ1) is 23.3. The Morgan fingerprint density at radius 2 is 1.57 bits per heavy atom. The minimum absolute atomic E-state index is 0. The number of carbonyl (C=O) groups is 3. The first-order valence-electron chi connectivity index (χ1n) is 7.19. The number of hydrogen-bond donors (Lipinski definition) is 2. The molecule has 0 bridgehead atoms. The summed E-state index contributed by atoms with van der Waals surface area (Å²) in [6, 6.07) is -1.45. The molecule has 1 amide bonds. The van der Waals surface area contributed by atoms with Crippen molar-refractivity contribution in [3.8, 4) is 0 Å². The van der Waals surface area contributed by atoms with Gasteiger partial charge in [0.15, 0.2) is 0 Å². The maximum absolute atomic E-state index is 11.5. The van der Waals surface area contributed by atoms with E-state index in [1.807, 2.05) is 0 Å². The summed E-state index contributed by atoms with van der Waals surface area (Å²) in [5, 5.41) is 21.4. The van der Waals surface area contributed by atoms with Crippen LogP contribution in [-0.2, 0) is 14.4 Å². The molecular weight excluding hydrogens is 301 g/mol. The number of rotatable bonds is 12. The molecule has 21 heavy (non-hydrogen) atoms. The molecule has 0 unspecified atom stereocenters. The van der Waals surface area contributed by atoms with Gasteiger partial charge in [0.25, 0.3) is 0 Å². The summed E-state index contributed by atoms with van der Waals surface area (Å²) in [5.41, 5.74) is 0. The maximum atomic E-state index is 11.5. The molecule has 0 aliphatic carbocycles. The largest absolute Gasteiger partial charge is 1.00 e. The van der Waals surface area contributed by atoms with Crippen molar-refractivity contribution in [3.05, 3.63) is 0 Å². The van der Waals surface area contributed by atoms with Gasteiger partial charge in [-0.2, -0.15) is 0 Å². The van der Waals surface area contributed by atoms with Crippen LogP contribution in [0.1, 0.15) is 64.7 Å². The van der Waals surface area contributed by atoms with Crippen molar-refractivity contribution in [1.82, 2.24) is 5.32 Å². The Kier molecular flexibility index (Phi) is 16.6. The van der Waals surface area contributed by atoms with Crippen molar-refractivity contribution in [2.75, 3.05) is 0 Å². The van der Waals surface area contributed by atoms with Crippen molar-refractivity contribution in [1.29, 1.82) is 0 Å². The molecule has 0 aromatic heterocycles. The smallest absolute Gasteiger partial charge is 0.548 e. The van der Waals surface area contributed by atoms with Gasteiger partial charge < -0.3 is 20.3 Å². The summed E-state index contributed by atoms with van der Waals surface area (Å²) in [6.07, 6.45) is 7.00. The van der Waals surface area contributed by atoms with Gasteiger partial charge in [-0.05, 0) is 6.42 Å². The molecule has 6 nitrogen and oxygen atoms in total. The Bertz CT molecular complexity index is 322. The number of carboxylic acids is 2. The van der Waals surface area contributed by atoms with Gasteiger partial charge in [-0.3, -0.25) is 9.59 Å². The zero-order valence-corrected chi connectivity index (χ0v) is 16.1. The molecule has 0 saturated carbocycles. The average Bonchev–Trinajstić information content (AvgIpc) is 2.36. The van der Waals surface area contributed by atoms with E-state index in [4.69, 9.17) is 5.11 Å². The van der Waals surface area contributed by atoms with Crippen molar-refractivity contribution in [2.24, 2.45) is 0 Å². The van der Waals surface area contributed by atoms with E-state index in [2.05, 4.69) is 12.2 Å². The molecule has 2 N–H and O–H groups in total. The van der Waals surface area contributed by atoms with Crippen LogP contribution in [0.15, 0.2) is 0 Å². The number of nitrogens with one attached hydrogen (secondary N) is 1. The summed E-state index contributed by atoms with van der Waals surface area (Å²) in [5.74, 6) is -3.29. The number of unbranched alkanes of at least 4 members (excludes halogenated alkanes) is 6. The fourth-order valence-corrected chi connectivity index (χ4v) is 1.88. The van der Waals surface area contributed by atoms with E-state index in [-0.39, 0.29) is 57.8 Å². The van der Waals surface area contributed by atoms with Crippen molar-refractivity contribution < 1.29 is 76.0 Å². The van der Waals surface area contributed by atoms with Crippen LogP contribution < -0.4 is 61.8 Å². The summed E-state index contributed by atoms with van der Waals surface area (Å²) < 4.78 is 0.